The Balaban J connectivity index is 1.06. The van der Waals surface area contributed by atoms with E-state index in [9.17, 15) is 85.9 Å². The van der Waals surface area contributed by atoms with Gasteiger partial charge in [-0.3, -0.25) is 4.79 Å². The van der Waals surface area contributed by atoms with Crippen LogP contribution in [-0.4, -0.2) is 258 Å². The van der Waals surface area contributed by atoms with Crippen molar-refractivity contribution in [1.82, 2.24) is 0 Å². The molecule has 4 saturated carbocycles. The first kappa shape index (κ1) is 66.5. The predicted octanol–water partition coefficient (Wildman–Crippen LogP) is -2.61. The van der Waals surface area contributed by atoms with Crippen molar-refractivity contribution in [2.24, 2.45) is 50.2 Å². The number of methoxy groups -OCH3 is 1. The Hall–Kier alpha value is -2.95. The highest BCUT2D eigenvalue weighted by atomic mass is 16.8. The fourth-order valence-electron chi connectivity index (χ4n) is 17.0. The van der Waals surface area contributed by atoms with Gasteiger partial charge in [-0.25, -0.2) is 9.59 Å². The molecule has 0 unspecified atom stereocenters. The van der Waals surface area contributed by atoms with Gasteiger partial charge in [-0.05, 0) is 99.7 Å². The van der Waals surface area contributed by atoms with Crippen molar-refractivity contribution in [3.63, 3.8) is 0 Å². The van der Waals surface area contributed by atoms with Gasteiger partial charge in [0.15, 0.2) is 31.3 Å². The van der Waals surface area contributed by atoms with Gasteiger partial charge in [-0.15, -0.1) is 0 Å². The van der Waals surface area contributed by atoms with Gasteiger partial charge in [-0.1, -0.05) is 52.3 Å². The second-order valence-corrected chi connectivity index (χ2v) is 27.0. The van der Waals surface area contributed by atoms with Crippen LogP contribution in [0.5, 0.6) is 0 Å². The summed E-state index contributed by atoms with van der Waals surface area (Å²) < 4.78 is 59.9. The number of aliphatic carboxylic acids is 1. The molecule has 27 heteroatoms. The van der Waals surface area contributed by atoms with Crippen LogP contribution < -0.4 is 0 Å². The lowest BCUT2D eigenvalue weighted by Crippen LogP contribution is -2.72. The number of allylic oxidation sites excluding steroid dienone is 3. The molecule has 0 amide bonds. The molecule has 0 aromatic heterocycles. The Bertz CT molecular complexity index is 2500. The number of fused-ring (bicyclic) bond motifs is 7. The number of ether oxygens (including phenoxy) is 10. The molecule has 4 saturated heterocycles. The van der Waals surface area contributed by atoms with E-state index in [4.69, 9.17) is 47.4 Å². The average Bonchev–Trinajstić information content (AvgIpc) is 0.675. The van der Waals surface area contributed by atoms with E-state index < -0.39 is 224 Å². The fourth-order valence-corrected chi connectivity index (χ4v) is 17.0. The molecule has 4 aliphatic heterocycles. The van der Waals surface area contributed by atoms with Gasteiger partial charge < -0.3 is 119 Å². The van der Waals surface area contributed by atoms with E-state index in [-0.39, 0.29) is 18.8 Å². The minimum atomic E-state index is -2.30. The number of esters is 2. The van der Waals surface area contributed by atoms with Crippen LogP contribution in [0.15, 0.2) is 23.3 Å². The lowest BCUT2D eigenvalue weighted by atomic mass is 9.33. The van der Waals surface area contributed by atoms with Crippen molar-refractivity contribution in [2.45, 2.75) is 235 Å². The molecule has 30 atom stereocenters. The van der Waals surface area contributed by atoms with Gasteiger partial charge in [0.1, 0.15) is 91.6 Å². The molecule has 27 nitrogen and oxygen atoms in total. The van der Waals surface area contributed by atoms with Gasteiger partial charge in [-0.2, -0.15) is 0 Å². The molecular formula is C58H90O27. The first-order chi connectivity index (χ1) is 39.8. The van der Waals surface area contributed by atoms with E-state index in [0.717, 1.165) is 5.57 Å². The normalized spacial score (nSPS) is 51.6. The summed E-state index contributed by atoms with van der Waals surface area (Å²) in [6, 6.07) is 0. The number of rotatable bonds is 14. The summed E-state index contributed by atoms with van der Waals surface area (Å²) >= 11 is 0. The zero-order chi connectivity index (χ0) is 62.6. The Morgan fingerprint density at radius 1 is 0.682 bits per heavy atom. The number of aliphatic hydroxyl groups excluding tert-OH is 13. The number of carboxylic acids is 1. The van der Waals surface area contributed by atoms with Crippen molar-refractivity contribution in [3.05, 3.63) is 23.3 Å². The van der Waals surface area contributed by atoms with Crippen LogP contribution in [0.1, 0.15) is 100 Å². The lowest BCUT2D eigenvalue weighted by Gasteiger charge is -2.72. The maximum Gasteiger partial charge on any atom is 0.335 e. The van der Waals surface area contributed by atoms with Gasteiger partial charge in [0, 0.05) is 11.0 Å². The van der Waals surface area contributed by atoms with E-state index in [1.807, 2.05) is 13.8 Å². The summed E-state index contributed by atoms with van der Waals surface area (Å²) in [5.41, 5.74) is -4.67. The van der Waals surface area contributed by atoms with E-state index in [1.165, 1.54) is 7.11 Å². The molecular weight excluding hydrogens is 1130 g/mol. The molecule has 9 aliphatic rings. The molecule has 5 aliphatic carbocycles. The third-order valence-corrected chi connectivity index (χ3v) is 22.3. The number of hydrogen-bond donors (Lipinski definition) is 14. The SMILES string of the molecule is C/C=C(/C)C(=O)O[C@H]1[C@H](O)[C@]2(CO)[C@H](O)C[C@]3(C)C(=CC[C@@H]4[C@@]5(C)CC[C@H](O[C@@H]6O[C@H](C(=O)O)[C@@H](O)[C@H](O[C@@H]7OC[C@H](O)[C@H](O)[C@H]7O[C@@H]7OC[C@@H](O)[C@H](O)[C@H]7O)[C@H]6O[C@@H]6O[C@H](CO)[C@H](O)[C@H](O)[C@H]6O)[C@@](C)(C(=O)OC)[C@@H]5CC[C@]43C)[C@@H]2CC1(C)C. The smallest absolute Gasteiger partial charge is 0.335 e. The summed E-state index contributed by atoms with van der Waals surface area (Å²) in [4.78, 5) is 41.3. The Labute approximate surface area is 492 Å². The van der Waals surface area contributed by atoms with Crippen LogP contribution in [0.25, 0.3) is 0 Å². The monoisotopic (exact) mass is 1220 g/mol. The predicted molar refractivity (Wildman–Crippen MR) is 285 cm³/mol. The summed E-state index contributed by atoms with van der Waals surface area (Å²) in [6.45, 7) is 12.5. The summed E-state index contributed by atoms with van der Waals surface area (Å²) in [5.74, 6) is -4.41. The van der Waals surface area contributed by atoms with Crippen LogP contribution in [0.3, 0.4) is 0 Å². The van der Waals surface area contributed by atoms with Crippen LogP contribution in [0, 0.1) is 50.2 Å². The van der Waals surface area contributed by atoms with Crippen LogP contribution in [0.2, 0.25) is 0 Å². The summed E-state index contributed by atoms with van der Waals surface area (Å²) in [7, 11) is 1.21. The Morgan fingerprint density at radius 3 is 1.93 bits per heavy atom. The van der Waals surface area contributed by atoms with Gasteiger partial charge in [0.05, 0.1) is 56.6 Å². The number of carboxylic acid groups (broad SMARTS) is 1. The van der Waals surface area contributed by atoms with E-state index in [2.05, 4.69) is 26.8 Å². The Morgan fingerprint density at radius 2 is 1.31 bits per heavy atom. The molecule has 484 valence electrons. The first-order valence-electron chi connectivity index (χ1n) is 29.5. The summed E-state index contributed by atoms with van der Waals surface area (Å²) in [5, 5.41) is 156. The third-order valence-electron chi connectivity index (χ3n) is 22.3. The van der Waals surface area contributed by atoms with Crippen molar-refractivity contribution < 1.29 is 133 Å². The maximum atomic E-state index is 14.9. The lowest BCUT2D eigenvalue weighted by molar-refractivity contribution is -0.399. The van der Waals surface area contributed by atoms with E-state index >= 15 is 0 Å². The quantitative estimate of drug-likeness (QED) is 0.0367. The molecule has 9 rings (SSSR count). The number of carbonyl (C=O) groups excluding carboxylic acids is 2. The van der Waals surface area contributed by atoms with Gasteiger partial charge in [0.2, 0.25) is 0 Å². The highest BCUT2D eigenvalue weighted by Crippen LogP contribution is 2.76. The molecule has 4 heterocycles. The molecule has 8 fully saturated rings. The van der Waals surface area contributed by atoms with E-state index in [1.54, 1.807) is 26.8 Å². The van der Waals surface area contributed by atoms with Crippen molar-refractivity contribution >= 4 is 17.9 Å². The molecule has 0 aromatic rings. The van der Waals surface area contributed by atoms with E-state index in [0.29, 0.717) is 37.7 Å². The zero-order valence-corrected chi connectivity index (χ0v) is 49.4. The molecule has 0 bridgehead atoms. The molecule has 0 spiro atoms. The molecule has 0 radical (unpaired) electrons. The fraction of sp³-hybridized carbons (Fsp3) is 0.879. The molecule has 0 aromatic carbocycles. The second kappa shape index (κ2) is 24.3. The van der Waals surface area contributed by atoms with Crippen LogP contribution in [-0.2, 0) is 61.8 Å². The maximum absolute atomic E-state index is 14.9. The van der Waals surface area contributed by atoms with Crippen LogP contribution in [0.4, 0.5) is 0 Å². The second-order valence-electron chi connectivity index (χ2n) is 27.0. The molecule has 85 heavy (non-hydrogen) atoms. The van der Waals surface area contributed by atoms with Gasteiger partial charge >= 0.3 is 17.9 Å². The largest absolute Gasteiger partial charge is 0.479 e. The Kier molecular flexibility index (Phi) is 19.0. The number of aliphatic hydroxyl groups is 13. The van der Waals surface area contributed by atoms with Crippen molar-refractivity contribution in [1.29, 1.82) is 0 Å². The summed E-state index contributed by atoms with van der Waals surface area (Å²) in [6.07, 6.45) is -34.0. The van der Waals surface area contributed by atoms with Crippen molar-refractivity contribution in [2.75, 3.05) is 33.5 Å². The average molecular weight is 1220 g/mol. The number of hydrogen-bond acceptors (Lipinski definition) is 26. The van der Waals surface area contributed by atoms with Gasteiger partial charge in [0.25, 0.3) is 0 Å². The zero-order valence-electron chi connectivity index (χ0n) is 49.4. The minimum absolute atomic E-state index is 0.0545. The van der Waals surface area contributed by atoms with Crippen molar-refractivity contribution in [3.8, 4) is 0 Å². The minimum Gasteiger partial charge on any atom is -0.479 e. The first-order valence-corrected chi connectivity index (χ1v) is 29.5. The molecule has 14 N–H and O–H groups in total. The number of carbonyl (C=O) groups is 3. The standard InChI is InChI=1S/C58H90O27/c1-10-23(2)47(74)85-45-44(71)58(22-60)25(17-53(45,3)4)24-11-12-29-54(5)15-14-32(57(8,52(75)76-9)30(54)13-16-55(29,6)56(24,7)18-31(58)63)80-51-43(84-49-38(69)36(67)35(66)28(19-59)79-49)40(39(70)41(82-51)46(72)73)81-50-42(34(65)27(62)21-78-50)83-48-37(68)33(64)26(61)20-77-48/h10-11,25-45,48-51,59-71H,12-22H2,1-9H3,(H,72,73)/b23-10-/t25-,26+,27-,28+,29+,30+,31+,32-,33-,34-,35-,36-,37+,38+,39-,40-,41-,42+,43+,44-,45-,48-,49-,50-,51+,54+,55+,56+,57-,58-/m0/s1. The van der Waals surface area contributed by atoms with Crippen LogP contribution >= 0.6 is 0 Å². The highest BCUT2D eigenvalue weighted by molar-refractivity contribution is 5.87. The highest BCUT2D eigenvalue weighted by Gasteiger charge is 2.74. The third kappa shape index (κ3) is 10.7. The topological polar surface area (TPSA) is 427 Å².